The highest BCUT2D eigenvalue weighted by Crippen LogP contribution is 2.27. The first-order valence-electron chi connectivity index (χ1n) is 11.8. The van der Waals surface area contributed by atoms with Crippen LogP contribution in [-0.4, -0.2) is 70.6 Å². The van der Waals surface area contributed by atoms with Crippen LogP contribution in [0.2, 0.25) is 0 Å². The number of carbonyl (C=O) groups excluding carboxylic acids is 1. The predicted molar refractivity (Wildman–Crippen MR) is 130 cm³/mol. The topological polar surface area (TPSA) is 103 Å². The van der Waals surface area contributed by atoms with Crippen molar-refractivity contribution in [2.75, 3.05) is 32.8 Å². The number of nitrogens with zero attached hydrogens (tertiary/aromatic N) is 3. The first-order valence-corrected chi connectivity index (χ1v) is 11.8. The smallest absolute Gasteiger partial charge is 0.333 e. The van der Waals surface area contributed by atoms with Crippen molar-refractivity contribution in [3.05, 3.63) is 71.8 Å². The summed E-state index contributed by atoms with van der Waals surface area (Å²) in [6.07, 6.45) is 4.73. The van der Waals surface area contributed by atoms with Gasteiger partial charge in [0.05, 0.1) is 12.3 Å². The number of carboxylic acids is 1. The van der Waals surface area contributed by atoms with Crippen LogP contribution in [0.4, 0.5) is 0 Å². The molecule has 0 spiro atoms. The third kappa shape index (κ3) is 8.06. The second-order valence-electron chi connectivity index (χ2n) is 8.48. The van der Waals surface area contributed by atoms with Gasteiger partial charge in [0.2, 0.25) is 5.91 Å². The fourth-order valence-electron chi connectivity index (χ4n) is 4.30. The normalized spacial score (nSPS) is 17.4. The molecular weight excluding hydrogens is 434 g/mol. The van der Waals surface area contributed by atoms with Crippen molar-refractivity contribution >= 4 is 17.6 Å². The van der Waals surface area contributed by atoms with E-state index in [0.717, 1.165) is 43.8 Å². The molecule has 8 nitrogen and oxygen atoms in total. The Morgan fingerprint density at radius 1 is 0.971 bits per heavy atom. The Hall–Kier alpha value is -3.07. The maximum absolute atomic E-state index is 12.5. The second kappa shape index (κ2) is 13.6. The number of rotatable bonds is 7. The maximum atomic E-state index is 12.5. The Bertz CT molecular complexity index is 928. The van der Waals surface area contributed by atoms with Crippen molar-refractivity contribution in [3.8, 4) is 0 Å². The number of carboxylic acid groups (broad SMARTS) is 1. The average molecular weight is 468 g/mol. The Morgan fingerprint density at radius 2 is 1.62 bits per heavy atom. The van der Waals surface area contributed by atoms with Gasteiger partial charge in [0, 0.05) is 13.0 Å². The largest absolute Gasteiger partial charge is 0.479 e. The van der Waals surface area contributed by atoms with Gasteiger partial charge >= 0.3 is 5.97 Å². The van der Waals surface area contributed by atoms with Gasteiger partial charge in [-0.25, -0.2) is 14.7 Å². The van der Waals surface area contributed by atoms with Crippen LogP contribution in [0, 0.1) is 0 Å². The molecule has 0 bridgehead atoms. The highest BCUT2D eigenvalue weighted by Gasteiger charge is 2.23. The fourth-order valence-corrected chi connectivity index (χ4v) is 4.30. The molecule has 1 fully saturated rings. The van der Waals surface area contributed by atoms with Crippen molar-refractivity contribution in [3.63, 3.8) is 0 Å². The highest BCUT2D eigenvalue weighted by molar-refractivity contribution is 6.01. The van der Waals surface area contributed by atoms with Gasteiger partial charge in [0.25, 0.3) is 0 Å². The highest BCUT2D eigenvalue weighted by atomic mass is 17.1. The monoisotopic (exact) mass is 467 g/mol. The zero-order chi connectivity index (χ0) is 24.2. The lowest BCUT2D eigenvalue weighted by Gasteiger charge is -2.33. The number of benzene rings is 2. The number of likely N-dealkylation sites (tertiary alicyclic amines) is 1. The molecule has 0 aromatic heterocycles. The van der Waals surface area contributed by atoms with Gasteiger partial charge in [0.15, 0.2) is 6.61 Å². The van der Waals surface area contributed by atoms with Gasteiger partial charge in [-0.15, -0.1) is 0 Å². The Balaban J connectivity index is 0.000000481. The van der Waals surface area contributed by atoms with E-state index in [2.05, 4.69) is 52.3 Å². The molecule has 0 aliphatic carbocycles. The molecule has 0 radical (unpaired) electrons. The standard InChI is InChI=1S/C24H29N3O.C2H4O4/c28-24-13-7-12-23(22-10-5-2-6-11-22)25-27(24)19-18-26-16-14-21(15-17-26)20-8-3-1-4-9-20;3-2(4)1-6-5/h1-6,8-11,21H,7,12-19H2;5H,1H2,(H,3,4). The number of hydrogen-bond donors (Lipinski definition) is 2. The minimum absolute atomic E-state index is 0.158. The summed E-state index contributed by atoms with van der Waals surface area (Å²) in [5.74, 6) is -0.359. The van der Waals surface area contributed by atoms with Gasteiger partial charge in [-0.2, -0.15) is 5.10 Å². The molecule has 2 aromatic rings. The number of carbonyl (C=O) groups is 2. The maximum Gasteiger partial charge on any atom is 0.333 e. The number of piperidine rings is 1. The molecule has 34 heavy (non-hydrogen) atoms. The quantitative estimate of drug-likeness (QED) is 0.474. The molecule has 2 aliphatic rings. The summed E-state index contributed by atoms with van der Waals surface area (Å²) in [5, 5.41) is 21.5. The first-order chi connectivity index (χ1) is 16.6. The number of amides is 1. The summed E-state index contributed by atoms with van der Waals surface area (Å²) in [5.41, 5.74) is 3.63. The minimum Gasteiger partial charge on any atom is -0.479 e. The van der Waals surface area contributed by atoms with Crippen LogP contribution in [0.3, 0.4) is 0 Å². The summed E-state index contributed by atoms with van der Waals surface area (Å²) < 4.78 is 0. The van der Waals surface area contributed by atoms with Crippen LogP contribution < -0.4 is 0 Å². The van der Waals surface area contributed by atoms with Crippen LogP contribution in [0.25, 0.3) is 0 Å². The van der Waals surface area contributed by atoms with Crippen LogP contribution in [0.1, 0.15) is 49.1 Å². The summed E-state index contributed by atoms with van der Waals surface area (Å²) >= 11 is 0. The van der Waals surface area contributed by atoms with Crippen LogP contribution in [0.5, 0.6) is 0 Å². The zero-order valence-electron chi connectivity index (χ0n) is 19.4. The number of aliphatic carboxylic acids is 1. The van der Waals surface area contributed by atoms with E-state index >= 15 is 0 Å². The molecule has 2 aromatic carbocycles. The van der Waals surface area contributed by atoms with Crippen LogP contribution >= 0.6 is 0 Å². The summed E-state index contributed by atoms with van der Waals surface area (Å²) in [4.78, 5) is 27.5. The minimum atomic E-state index is -1.18. The SMILES string of the molecule is O=C(O)COO.O=C1CCCC(c2ccccc2)=NN1CCN1CCC(c2ccccc2)CC1. The zero-order valence-corrected chi connectivity index (χ0v) is 19.4. The van der Waals surface area contributed by atoms with Gasteiger partial charge in [-0.3, -0.25) is 10.1 Å². The Labute approximate surface area is 200 Å². The molecule has 182 valence electrons. The first kappa shape index (κ1) is 25.6. The van der Waals surface area contributed by atoms with Crippen molar-refractivity contribution in [1.29, 1.82) is 0 Å². The molecule has 1 amide bonds. The van der Waals surface area contributed by atoms with E-state index in [0.29, 0.717) is 18.9 Å². The second-order valence-corrected chi connectivity index (χ2v) is 8.48. The van der Waals surface area contributed by atoms with E-state index < -0.39 is 12.6 Å². The number of hydrogen-bond acceptors (Lipinski definition) is 6. The molecule has 1 saturated heterocycles. The molecule has 0 saturated carbocycles. The van der Waals surface area contributed by atoms with E-state index in [4.69, 9.17) is 15.5 Å². The fraction of sp³-hybridized carbons (Fsp3) is 0.423. The van der Waals surface area contributed by atoms with Crippen LogP contribution in [-0.2, 0) is 14.5 Å². The molecule has 0 unspecified atom stereocenters. The predicted octanol–water partition coefficient (Wildman–Crippen LogP) is 3.84. The molecular formula is C26H33N3O5. The van der Waals surface area contributed by atoms with Gasteiger partial charge < -0.3 is 10.0 Å². The summed E-state index contributed by atoms with van der Waals surface area (Å²) in [6.45, 7) is 3.12. The van der Waals surface area contributed by atoms with Crippen molar-refractivity contribution < 1.29 is 24.8 Å². The lowest BCUT2D eigenvalue weighted by molar-refractivity contribution is -0.243. The van der Waals surface area contributed by atoms with Crippen LogP contribution in [0.15, 0.2) is 65.8 Å². The lowest BCUT2D eigenvalue weighted by atomic mass is 9.89. The molecule has 2 N–H and O–H groups in total. The van der Waals surface area contributed by atoms with Crippen molar-refractivity contribution in [2.45, 2.75) is 38.0 Å². The molecule has 2 heterocycles. The molecule has 0 atom stereocenters. The average Bonchev–Trinajstić information content (AvgIpc) is 3.05. The summed E-state index contributed by atoms with van der Waals surface area (Å²) in [6, 6.07) is 21.1. The Morgan fingerprint density at radius 3 is 2.21 bits per heavy atom. The van der Waals surface area contributed by atoms with Gasteiger partial charge in [-0.1, -0.05) is 60.7 Å². The Kier molecular flexibility index (Phi) is 10.2. The van der Waals surface area contributed by atoms with Crippen molar-refractivity contribution in [2.24, 2.45) is 5.10 Å². The van der Waals surface area contributed by atoms with Gasteiger partial charge in [-0.05, 0) is 55.8 Å². The third-order valence-corrected chi connectivity index (χ3v) is 6.12. The van der Waals surface area contributed by atoms with E-state index in [1.165, 1.54) is 18.4 Å². The molecule has 4 rings (SSSR count). The summed E-state index contributed by atoms with van der Waals surface area (Å²) in [7, 11) is 0. The van der Waals surface area contributed by atoms with E-state index in [1.807, 2.05) is 18.2 Å². The van der Waals surface area contributed by atoms with E-state index in [1.54, 1.807) is 5.01 Å². The van der Waals surface area contributed by atoms with Crippen molar-refractivity contribution in [1.82, 2.24) is 9.91 Å². The molecule has 8 heteroatoms. The third-order valence-electron chi connectivity index (χ3n) is 6.12. The van der Waals surface area contributed by atoms with E-state index in [9.17, 15) is 9.59 Å². The van der Waals surface area contributed by atoms with Gasteiger partial charge in [0.1, 0.15) is 0 Å². The lowest BCUT2D eigenvalue weighted by Crippen LogP contribution is -2.39. The van der Waals surface area contributed by atoms with E-state index in [-0.39, 0.29) is 5.91 Å². The molecule has 2 aliphatic heterocycles. The number of hydrazone groups is 1.